The van der Waals surface area contributed by atoms with Crippen LogP contribution in [0.15, 0.2) is 29.3 Å². The molecule has 2 heterocycles. The van der Waals surface area contributed by atoms with Crippen LogP contribution in [0.1, 0.15) is 32.8 Å². The number of halogens is 2. The van der Waals surface area contributed by atoms with Crippen molar-refractivity contribution in [3.63, 3.8) is 0 Å². The summed E-state index contributed by atoms with van der Waals surface area (Å²) in [7, 11) is 0. The molecule has 5 nitrogen and oxygen atoms in total. The molecule has 1 saturated heterocycles. The molecule has 8 heteroatoms. The van der Waals surface area contributed by atoms with E-state index in [2.05, 4.69) is 5.32 Å². The van der Waals surface area contributed by atoms with Gasteiger partial charge in [0.05, 0.1) is 18.2 Å². The molecule has 1 amide bonds. The molecule has 0 saturated carbocycles. The van der Waals surface area contributed by atoms with Gasteiger partial charge in [0.25, 0.3) is 0 Å². The molecule has 1 aromatic carbocycles. The van der Waals surface area contributed by atoms with Crippen LogP contribution in [0.2, 0.25) is 0 Å². The van der Waals surface area contributed by atoms with Gasteiger partial charge < -0.3 is 9.47 Å². The molecule has 3 rings (SSSR count). The first-order valence-electron chi connectivity index (χ1n) is 8.89. The summed E-state index contributed by atoms with van der Waals surface area (Å²) in [5.41, 5.74) is -1.22. The Morgan fingerprint density at radius 2 is 2.19 bits per heavy atom. The number of amidine groups is 1. The molecule has 1 fully saturated rings. The van der Waals surface area contributed by atoms with Gasteiger partial charge in [0, 0.05) is 23.7 Å². The van der Waals surface area contributed by atoms with E-state index in [-0.39, 0.29) is 12.3 Å². The van der Waals surface area contributed by atoms with Crippen LogP contribution in [0, 0.1) is 11.7 Å². The minimum Gasteiger partial charge on any atom is -0.444 e. The van der Waals surface area contributed by atoms with E-state index in [0.29, 0.717) is 23.1 Å². The molecule has 2 aliphatic heterocycles. The molecule has 2 aliphatic rings. The average Bonchev–Trinajstić information content (AvgIpc) is 2.59. The number of hydrogen-bond donors (Lipinski definition) is 1. The Hall–Kier alpha value is -1.67. The largest absolute Gasteiger partial charge is 0.444 e. The molecular formula is C19H24F2N2O3S. The van der Waals surface area contributed by atoms with Crippen molar-refractivity contribution in [2.45, 2.75) is 44.4 Å². The standard InChI is InChI=1S/C19H24F2N2O3S/c1-18(2,3)26-17(24)22-16-23-19(14-6-4-5-7-15(14)21)8-13(9-20)25-10-12(19)11-27-16/h4-7,12-13H,8-11H2,1-3H3,(H,22,23,24)/t12-,13+,19-/m0/s1. The molecule has 0 aromatic heterocycles. The van der Waals surface area contributed by atoms with Gasteiger partial charge in [0.1, 0.15) is 18.1 Å². The molecule has 0 unspecified atom stereocenters. The summed E-state index contributed by atoms with van der Waals surface area (Å²) in [5.74, 6) is 0.0581. The second-order valence-electron chi connectivity index (χ2n) is 7.77. The zero-order valence-corrected chi connectivity index (χ0v) is 16.4. The van der Waals surface area contributed by atoms with Gasteiger partial charge in [-0.15, -0.1) is 0 Å². The van der Waals surface area contributed by atoms with Crippen LogP contribution < -0.4 is 5.32 Å². The van der Waals surface area contributed by atoms with Gasteiger partial charge in [0.2, 0.25) is 0 Å². The van der Waals surface area contributed by atoms with Crippen molar-refractivity contribution >= 4 is 23.0 Å². The van der Waals surface area contributed by atoms with Crippen molar-refractivity contribution in [3.8, 4) is 0 Å². The molecule has 1 aromatic rings. The Balaban J connectivity index is 1.96. The first-order valence-corrected chi connectivity index (χ1v) is 9.87. The number of carbonyl (C=O) groups is 1. The quantitative estimate of drug-likeness (QED) is 0.817. The maximum atomic E-state index is 14.7. The summed E-state index contributed by atoms with van der Waals surface area (Å²) in [5, 5.41) is 3.00. The predicted octanol–water partition coefficient (Wildman–Crippen LogP) is 4.02. The van der Waals surface area contributed by atoms with E-state index < -0.39 is 35.8 Å². The zero-order chi connectivity index (χ0) is 19.7. The Labute approximate surface area is 161 Å². The number of hydrogen-bond acceptors (Lipinski definition) is 5. The number of rotatable bonds is 2. The molecule has 1 N–H and O–H groups in total. The molecular weight excluding hydrogens is 374 g/mol. The van der Waals surface area contributed by atoms with Crippen molar-refractivity contribution in [2.24, 2.45) is 10.9 Å². The predicted molar refractivity (Wildman–Crippen MR) is 101 cm³/mol. The van der Waals surface area contributed by atoms with E-state index in [1.54, 1.807) is 39.0 Å². The summed E-state index contributed by atoms with van der Waals surface area (Å²) >= 11 is 1.35. The van der Waals surface area contributed by atoms with Crippen LogP contribution in [0.4, 0.5) is 13.6 Å². The van der Waals surface area contributed by atoms with Gasteiger partial charge in [-0.1, -0.05) is 30.0 Å². The first kappa shape index (κ1) is 20.1. The van der Waals surface area contributed by atoms with Crippen LogP contribution in [-0.2, 0) is 15.0 Å². The van der Waals surface area contributed by atoms with Gasteiger partial charge in [0.15, 0.2) is 5.17 Å². The van der Waals surface area contributed by atoms with Crippen molar-refractivity contribution in [2.75, 3.05) is 19.0 Å². The third-order valence-corrected chi connectivity index (χ3v) is 5.63. The molecule has 0 bridgehead atoms. The Kier molecular flexibility index (Phi) is 5.76. The maximum absolute atomic E-state index is 14.7. The number of aliphatic imine (C=N–C) groups is 1. The fraction of sp³-hybridized carbons (Fsp3) is 0.579. The van der Waals surface area contributed by atoms with Gasteiger partial charge in [-0.2, -0.15) is 0 Å². The second-order valence-corrected chi connectivity index (χ2v) is 8.78. The van der Waals surface area contributed by atoms with E-state index in [1.165, 1.54) is 17.8 Å². The van der Waals surface area contributed by atoms with Gasteiger partial charge >= 0.3 is 6.09 Å². The van der Waals surface area contributed by atoms with Gasteiger partial charge in [-0.25, -0.2) is 13.6 Å². The smallest absolute Gasteiger partial charge is 0.413 e. The highest BCUT2D eigenvalue weighted by Crippen LogP contribution is 2.47. The summed E-state index contributed by atoms with van der Waals surface area (Å²) in [6.45, 7) is 4.93. The minimum absolute atomic E-state index is 0.119. The lowest BCUT2D eigenvalue weighted by molar-refractivity contribution is -0.0621. The summed E-state index contributed by atoms with van der Waals surface area (Å²) < 4.78 is 38.9. The Bertz CT molecular complexity index is 738. The van der Waals surface area contributed by atoms with Crippen LogP contribution >= 0.6 is 11.8 Å². The first-order chi connectivity index (χ1) is 12.7. The topological polar surface area (TPSA) is 59.9 Å². The van der Waals surface area contributed by atoms with E-state index in [0.717, 1.165) is 0 Å². The second kappa shape index (κ2) is 7.75. The number of carbonyl (C=O) groups excluding carboxylic acids is 1. The maximum Gasteiger partial charge on any atom is 0.413 e. The summed E-state index contributed by atoms with van der Waals surface area (Å²) in [6, 6.07) is 6.40. The van der Waals surface area contributed by atoms with Crippen LogP contribution in [0.5, 0.6) is 0 Å². The lowest BCUT2D eigenvalue weighted by Gasteiger charge is -2.46. The van der Waals surface area contributed by atoms with Crippen molar-refractivity contribution in [3.05, 3.63) is 35.6 Å². The highest BCUT2D eigenvalue weighted by atomic mass is 32.2. The van der Waals surface area contributed by atoms with Gasteiger partial charge in [-0.3, -0.25) is 10.3 Å². The lowest BCUT2D eigenvalue weighted by Crippen LogP contribution is -2.51. The van der Waals surface area contributed by atoms with Crippen LogP contribution in [-0.4, -0.2) is 42.0 Å². The fourth-order valence-electron chi connectivity index (χ4n) is 3.44. The van der Waals surface area contributed by atoms with E-state index in [1.807, 2.05) is 0 Å². The van der Waals surface area contributed by atoms with Crippen LogP contribution in [0.3, 0.4) is 0 Å². The third-order valence-electron chi connectivity index (χ3n) is 4.59. The molecule has 0 radical (unpaired) electrons. The number of alkyl halides is 1. The highest BCUT2D eigenvalue weighted by Gasteiger charge is 2.50. The number of nitrogens with one attached hydrogen (secondary N) is 1. The molecule has 0 aliphatic carbocycles. The number of nitrogens with zero attached hydrogens (tertiary/aromatic N) is 1. The molecule has 148 valence electrons. The Morgan fingerprint density at radius 1 is 1.44 bits per heavy atom. The number of amides is 1. The molecule has 27 heavy (non-hydrogen) atoms. The number of fused-ring (bicyclic) bond motifs is 1. The lowest BCUT2D eigenvalue weighted by atomic mass is 9.74. The number of alkyl carbamates (subject to hydrolysis) is 1. The Morgan fingerprint density at radius 3 is 2.85 bits per heavy atom. The van der Waals surface area contributed by atoms with E-state index >= 15 is 0 Å². The zero-order valence-electron chi connectivity index (χ0n) is 15.6. The SMILES string of the molecule is CC(C)(C)OC(=O)NC1=N[C@@]2(c3ccccc3F)C[C@H](CF)OC[C@H]2CS1. The van der Waals surface area contributed by atoms with Crippen molar-refractivity contribution < 1.29 is 23.0 Å². The monoisotopic (exact) mass is 398 g/mol. The molecule has 0 spiro atoms. The molecule has 3 atom stereocenters. The van der Waals surface area contributed by atoms with E-state index in [9.17, 15) is 13.6 Å². The summed E-state index contributed by atoms with van der Waals surface area (Å²) in [6.07, 6.45) is -1.06. The number of thioether (sulfide) groups is 1. The fourth-order valence-corrected chi connectivity index (χ4v) is 4.55. The number of ether oxygens (including phenoxy) is 2. The number of benzene rings is 1. The average molecular weight is 398 g/mol. The highest BCUT2D eigenvalue weighted by molar-refractivity contribution is 8.13. The van der Waals surface area contributed by atoms with Crippen molar-refractivity contribution in [1.82, 2.24) is 5.32 Å². The van der Waals surface area contributed by atoms with Crippen LogP contribution in [0.25, 0.3) is 0 Å². The normalized spacial score (nSPS) is 28.1. The minimum atomic E-state index is -0.976. The van der Waals surface area contributed by atoms with Crippen molar-refractivity contribution in [1.29, 1.82) is 0 Å². The third kappa shape index (κ3) is 4.43. The summed E-state index contributed by atoms with van der Waals surface area (Å²) in [4.78, 5) is 16.8. The van der Waals surface area contributed by atoms with Gasteiger partial charge in [-0.05, 0) is 26.8 Å². The van der Waals surface area contributed by atoms with E-state index in [4.69, 9.17) is 14.5 Å².